The van der Waals surface area contributed by atoms with Gasteiger partial charge in [-0.1, -0.05) is 11.6 Å². The molecule has 1 aromatic heterocycles. The Labute approximate surface area is 116 Å². The Kier molecular flexibility index (Phi) is 3.68. The molecule has 1 aromatic carbocycles. The van der Waals surface area contributed by atoms with E-state index in [2.05, 4.69) is 0 Å². The smallest absolute Gasteiger partial charge is 0.346 e. The lowest BCUT2D eigenvalue weighted by molar-refractivity contribution is -0.385. The van der Waals surface area contributed by atoms with Crippen molar-refractivity contribution in [3.63, 3.8) is 0 Å². The second-order valence-electron chi connectivity index (χ2n) is 3.42. The summed E-state index contributed by atoms with van der Waals surface area (Å²) in [7, 11) is 0. The van der Waals surface area contributed by atoms with Gasteiger partial charge in [0.1, 0.15) is 10.6 Å². The van der Waals surface area contributed by atoms with Gasteiger partial charge in [0.15, 0.2) is 0 Å². The molecule has 8 heteroatoms. The van der Waals surface area contributed by atoms with E-state index in [-0.39, 0.29) is 27.1 Å². The number of hydrogen-bond acceptors (Lipinski definition) is 5. The van der Waals surface area contributed by atoms with Gasteiger partial charge in [0.25, 0.3) is 0 Å². The molecule has 6 nitrogen and oxygen atoms in total. The Balaban J connectivity index is 2.32. The highest BCUT2D eigenvalue weighted by atomic mass is 35.5. The molecule has 0 aliphatic rings. The Morgan fingerprint density at radius 3 is 2.74 bits per heavy atom. The van der Waals surface area contributed by atoms with Crippen LogP contribution >= 0.6 is 22.9 Å². The van der Waals surface area contributed by atoms with Crippen LogP contribution in [0.25, 0.3) is 0 Å². The van der Waals surface area contributed by atoms with Crippen molar-refractivity contribution in [3.8, 4) is 11.5 Å². The van der Waals surface area contributed by atoms with Gasteiger partial charge in [0.05, 0.1) is 4.92 Å². The molecule has 1 N–H and O–H groups in total. The zero-order chi connectivity index (χ0) is 14.0. The number of carbonyl (C=O) groups is 1. The van der Waals surface area contributed by atoms with Crippen LogP contribution in [0.5, 0.6) is 11.5 Å². The van der Waals surface area contributed by atoms with Crippen LogP contribution in [0, 0.1) is 10.1 Å². The number of nitro groups is 1. The number of carboxylic acid groups (broad SMARTS) is 1. The Hall–Kier alpha value is -2.12. The number of thiophene rings is 1. The standard InChI is InChI=1S/C11H6ClNO5S/c12-6-1-2-9(8(3-6)13(16)17)18-7-4-10(11(14)15)19-5-7/h1-5H,(H,14,15). The van der Waals surface area contributed by atoms with Crippen LogP contribution in [0.3, 0.4) is 0 Å². The van der Waals surface area contributed by atoms with Crippen LogP contribution in [0.1, 0.15) is 9.67 Å². The average molecular weight is 300 g/mol. The first kappa shape index (κ1) is 13.3. The fourth-order valence-corrected chi connectivity index (χ4v) is 2.14. The highest BCUT2D eigenvalue weighted by Crippen LogP contribution is 2.35. The van der Waals surface area contributed by atoms with Crippen LogP contribution in [-0.2, 0) is 0 Å². The van der Waals surface area contributed by atoms with E-state index in [9.17, 15) is 14.9 Å². The number of benzene rings is 1. The zero-order valence-corrected chi connectivity index (χ0v) is 10.8. The van der Waals surface area contributed by atoms with Crippen molar-refractivity contribution < 1.29 is 19.6 Å². The minimum absolute atomic E-state index is 0.00383. The lowest BCUT2D eigenvalue weighted by Crippen LogP contribution is -1.93. The number of carboxylic acids is 1. The van der Waals surface area contributed by atoms with Gasteiger partial charge in [-0.05, 0) is 12.1 Å². The van der Waals surface area contributed by atoms with Gasteiger partial charge in [-0.3, -0.25) is 10.1 Å². The van der Waals surface area contributed by atoms with E-state index in [1.54, 1.807) is 0 Å². The van der Waals surface area contributed by atoms with Crippen LogP contribution in [0.15, 0.2) is 29.6 Å². The zero-order valence-electron chi connectivity index (χ0n) is 9.20. The summed E-state index contributed by atoms with van der Waals surface area (Å²) in [6.07, 6.45) is 0. The first-order chi connectivity index (χ1) is 8.97. The minimum Gasteiger partial charge on any atom is -0.477 e. The lowest BCUT2D eigenvalue weighted by atomic mass is 10.3. The van der Waals surface area contributed by atoms with Crippen molar-refractivity contribution in [2.75, 3.05) is 0 Å². The molecular formula is C11H6ClNO5S. The maximum atomic E-state index is 10.9. The van der Waals surface area contributed by atoms with Gasteiger partial charge in [-0.25, -0.2) is 4.79 Å². The number of hydrogen-bond donors (Lipinski definition) is 1. The maximum Gasteiger partial charge on any atom is 0.346 e. The Bertz CT molecular complexity index is 654. The van der Waals surface area contributed by atoms with Gasteiger partial charge in [0.2, 0.25) is 5.75 Å². The number of halogens is 1. The molecule has 0 bridgehead atoms. The predicted octanol–water partition coefficient (Wildman–Crippen LogP) is 3.80. The molecule has 0 saturated carbocycles. The number of nitrogens with zero attached hydrogens (tertiary/aromatic N) is 1. The topological polar surface area (TPSA) is 89.7 Å². The molecule has 0 fully saturated rings. The van der Waals surface area contributed by atoms with Crippen molar-refractivity contribution in [2.24, 2.45) is 0 Å². The number of rotatable bonds is 4. The van der Waals surface area contributed by atoms with E-state index in [1.807, 2.05) is 0 Å². The van der Waals surface area contributed by atoms with Crippen molar-refractivity contribution in [3.05, 3.63) is 49.7 Å². The molecular weight excluding hydrogens is 294 g/mol. The molecule has 0 saturated heterocycles. The van der Waals surface area contributed by atoms with Crippen molar-refractivity contribution in [1.29, 1.82) is 0 Å². The van der Waals surface area contributed by atoms with Crippen molar-refractivity contribution in [2.45, 2.75) is 0 Å². The molecule has 2 rings (SSSR count). The fraction of sp³-hybridized carbons (Fsp3) is 0. The lowest BCUT2D eigenvalue weighted by Gasteiger charge is -2.04. The Morgan fingerprint density at radius 1 is 1.42 bits per heavy atom. The van der Waals surface area contributed by atoms with E-state index < -0.39 is 10.9 Å². The number of nitro benzene ring substituents is 1. The molecule has 0 aliphatic carbocycles. The second kappa shape index (κ2) is 5.25. The largest absolute Gasteiger partial charge is 0.477 e. The van der Waals surface area contributed by atoms with Gasteiger partial charge in [-0.15, -0.1) is 11.3 Å². The van der Waals surface area contributed by atoms with E-state index in [0.717, 1.165) is 11.3 Å². The van der Waals surface area contributed by atoms with Gasteiger partial charge >= 0.3 is 11.7 Å². The molecule has 0 amide bonds. The molecule has 98 valence electrons. The molecule has 0 radical (unpaired) electrons. The van der Waals surface area contributed by atoms with E-state index in [1.165, 1.54) is 29.6 Å². The van der Waals surface area contributed by atoms with Crippen molar-refractivity contribution >= 4 is 34.6 Å². The molecule has 2 aromatic rings. The summed E-state index contributed by atoms with van der Waals surface area (Å²) in [6.45, 7) is 0. The summed E-state index contributed by atoms with van der Waals surface area (Å²) in [6, 6.07) is 5.28. The average Bonchev–Trinajstić information content (AvgIpc) is 2.80. The fourth-order valence-electron chi connectivity index (χ4n) is 1.33. The van der Waals surface area contributed by atoms with E-state index >= 15 is 0 Å². The maximum absolute atomic E-state index is 10.9. The molecule has 0 atom stereocenters. The molecule has 0 aliphatic heterocycles. The molecule has 19 heavy (non-hydrogen) atoms. The first-order valence-corrected chi connectivity index (χ1v) is 6.17. The summed E-state index contributed by atoms with van der Waals surface area (Å²) in [5.41, 5.74) is -0.282. The molecule has 1 heterocycles. The normalized spacial score (nSPS) is 10.2. The van der Waals surface area contributed by atoms with Gasteiger partial charge in [-0.2, -0.15) is 0 Å². The summed E-state index contributed by atoms with van der Waals surface area (Å²) < 4.78 is 5.30. The summed E-state index contributed by atoms with van der Waals surface area (Å²) in [5.74, 6) is -0.845. The van der Waals surface area contributed by atoms with E-state index in [0.29, 0.717) is 0 Å². The van der Waals surface area contributed by atoms with Crippen LogP contribution < -0.4 is 4.74 Å². The third-order valence-electron chi connectivity index (χ3n) is 2.13. The summed E-state index contributed by atoms with van der Waals surface area (Å²) in [4.78, 5) is 21.0. The van der Waals surface area contributed by atoms with Crippen LogP contribution in [0.4, 0.5) is 5.69 Å². The van der Waals surface area contributed by atoms with Crippen LogP contribution in [-0.4, -0.2) is 16.0 Å². The predicted molar refractivity (Wildman–Crippen MR) is 69.5 cm³/mol. The van der Waals surface area contributed by atoms with Gasteiger partial charge in [0, 0.05) is 22.5 Å². The summed E-state index contributed by atoms with van der Waals surface area (Å²) >= 11 is 6.65. The number of ether oxygens (including phenoxy) is 1. The highest BCUT2D eigenvalue weighted by Gasteiger charge is 2.17. The SMILES string of the molecule is O=C(O)c1cc(Oc2ccc(Cl)cc2[N+](=O)[O-])cs1. The minimum atomic E-state index is -1.08. The summed E-state index contributed by atoms with van der Waals surface area (Å²) in [5, 5.41) is 21.3. The highest BCUT2D eigenvalue weighted by molar-refractivity contribution is 7.12. The monoisotopic (exact) mass is 299 g/mol. The van der Waals surface area contributed by atoms with Crippen molar-refractivity contribution in [1.82, 2.24) is 0 Å². The van der Waals surface area contributed by atoms with Gasteiger partial charge < -0.3 is 9.84 Å². The first-order valence-electron chi connectivity index (χ1n) is 4.91. The van der Waals surface area contributed by atoms with E-state index in [4.69, 9.17) is 21.4 Å². The third kappa shape index (κ3) is 3.01. The quantitative estimate of drug-likeness (QED) is 0.685. The number of aromatic carboxylic acids is 1. The third-order valence-corrected chi connectivity index (χ3v) is 3.26. The molecule has 0 spiro atoms. The molecule has 0 unspecified atom stereocenters. The second-order valence-corrected chi connectivity index (χ2v) is 4.77. The van der Waals surface area contributed by atoms with Crippen LogP contribution in [0.2, 0.25) is 5.02 Å². The Morgan fingerprint density at radius 2 is 2.16 bits per heavy atom.